The Bertz CT molecular complexity index is 956. The predicted molar refractivity (Wildman–Crippen MR) is 115 cm³/mol. The summed E-state index contributed by atoms with van der Waals surface area (Å²) in [7, 11) is 0. The van der Waals surface area contributed by atoms with E-state index < -0.39 is 29.8 Å². The van der Waals surface area contributed by atoms with Crippen LogP contribution in [0.1, 0.15) is 40.9 Å². The molecule has 6 N–H and O–H groups in total. The quantitative estimate of drug-likeness (QED) is 0.480. The standard InChI is InChI=1S/C23H26F2N4O2/c1-23(2,27)20(21(26)30)29-22(31)18-11-9-16(10-12-18)4-3-15-5-7-17(8-6-15)13-28-14-19(24)25/h5-12,19-20,28H,13-14,27H2,1-2H3,(H2,26,30)(H,29,31). The molecule has 2 aromatic carbocycles. The SMILES string of the molecule is CC(C)(N)C(NC(=O)c1ccc(C#Cc2ccc(CNCC(F)F)cc2)cc1)C(N)=O. The largest absolute Gasteiger partial charge is 0.368 e. The number of carbonyl (C=O) groups excluding carboxylic acids is 2. The van der Waals surface area contributed by atoms with Crippen molar-refractivity contribution in [3.05, 3.63) is 70.8 Å². The molecule has 2 amide bonds. The Hall–Kier alpha value is -3.28. The van der Waals surface area contributed by atoms with E-state index in [0.717, 1.165) is 11.1 Å². The van der Waals surface area contributed by atoms with Crippen molar-refractivity contribution in [1.29, 1.82) is 0 Å². The van der Waals surface area contributed by atoms with Crippen LogP contribution in [0.5, 0.6) is 0 Å². The Morgan fingerprint density at radius 1 is 1.00 bits per heavy atom. The van der Waals surface area contributed by atoms with Crippen molar-refractivity contribution < 1.29 is 18.4 Å². The van der Waals surface area contributed by atoms with Crippen molar-refractivity contribution in [2.24, 2.45) is 11.5 Å². The highest BCUT2D eigenvalue weighted by Crippen LogP contribution is 2.09. The molecule has 0 aliphatic carbocycles. The number of amides is 2. The summed E-state index contributed by atoms with van der Waals surface area (Å²) in [5.41, 5.74) is 12.9. The summed E-state index contributed by atoms with van der Waals surface area (Å²) >= 11 is 0. The Kier molecular flexibility index (Phi) is 8.25. The Balaban J connectivity index is 1.99. The van der Waals surface area contributed by atoms with E-state index in [-0.39, 0.29) is 6.54 Å². The first kappa shape index (κ1) is 24.0. The molecule has 0 bridgehead atoms. The first-order valence-electron chi connectivity index (χ1n) is 9.65. The summed E-state index contributed by atoms with van der Waals surface area (Å²) in [4.78, 5) is 23.9. The average Bonchev–Trinajstić information content (AvgIpc) is 2.70. The fraction of sp³-hybridized carbons (Fsp3) is 0.304. The molecule has 6 nitrogen and oxygen atoms in total. The Morgan fingerprint density at radius 2 is 1.52 bits per heavy atom. The molecule has 8 heteroatoms. The lowest BCUT2D eigenvalue weighted by atomic mass is 9.95. The van der Waals surface area contributed by atoms with Crippen molar-refractivity contribution >= 4 is 11.8 Å². The van der Waals surface area contributed by atoms with Crippen LogP contribution in [-0.4, -0.2) is 36.4 Å². The molecule has 0 saturated heterocycles. The Labute approximate surface area is 180 Å². The van der Waals surface area contributed by atoms with Crippen LogP contribution in [0.25, 0.3) is 0 Å². The number of nitrogens with one attached hydrogen (secondary N) is 2. The molecule has 0 aromatic heterocycles. The summed E-state index contributed by atoms with van der Waals surface area (Å²) in [6.45, 7) is 3.23. The molecule has 0 heterocycles. The smallest absolute Gasteiger partial charge is 0.251 e. The topological polar surface area (TPSA) is 110 Å². The van der Waals surface area contributed by atoms with Crippen molar-refractivity contribution in [3.63, 3.8) is 0 Å². The van der Waals surface area contributed by atoms with E-state index in [4.69, 9.17) is 11.5 Å². The van der Waals surface area contributed by atoms with Crippen molar-refractivity contribution in [2.75, 3.05) is 6.54 Å². The van der Waals surface area contributed by atoms with Crippen LogP contribution >= 0.6 is 0 Å². The first-order valence-corrected chi connectivity index (χ1v) is 9.65. The normalized spacial score (nSPS) is 12.1. The number of benzene rings is 2. The minimum absolute atomic E-state index is 0.344. The van der Waals surface area contributed by atoms with Gasteiger partial charge in [-0.05, 0) is 55.8 Å². The number of halogens is 2. The minimum atomic E-state index is -2.38. The molecular weight excluding hydrogens is 402 g/mol. The molecule has 1 atom stereocenters. The summed E-state index contributed by atoms with van der Waals surface area (Å²) in [6, 6.07) is 12.8. The number of carbonyl (C=O) groups is 2. The van der Waals surface area contributed by atoms with E-state index in [1.165, 1.54) is 0 Å². The van der Waals surface area contributed by atoms with E-state index in [1.807, 2.05) is 24.3 Å². The fourth-order valence-corrected chi connectivity index (χ4v) is 2.72. The van der Waals surface area contributed by atoms with Gasteiger partial charge in [-0.25, -0.2) is 8.78 Å². The molecule has 1 unspecified atom stereocenters. The lowest BCUT2D eigenvalue weighted by Crippen LogP contribution is -2.60. The highest BCUT2D eigenvalue weighted by Gasteiger charge is 2.31. The van der Waals surface area contributed by atoms with Crippen LogP contribution in [0.4, 0.5) is 8.78 Å². The second-order valence-corrected chi connectivity index (χ2v) is 7.68. The van der Waals surface area contributed by atoms with E-state index in [0.29, 0.717) is 17.7 Å². The molecule has 0 aliphatic rings. The van der Waals surface area contributed by atoms with Crippen molar-refractivity contribution in [3.8, 4) is 11.8 Å². The van der Waals surface area contributed by atoms with E-state index >= 15 is 0 Å². The zero-order valence-corrected chi connectivity index (χ0v) is 17.4. The van der Waals surface area contributed by atoms with Crippen LogP contribution in [0.3, 0.4) is 0 Å². The van der Waals surface area contributed by atoms with Gasteiger partial charge >= 0.3 is 0 Å². The van der Waals surface area contributed by atoms with E-state index in [2.05, 4.69) is 22.5 Å². The van der Waals surface area contributed by atoms with Crippen molar-refractivity contribution in [1.82, 2.24) is 10.6 Å². The first-order chi connectivity index (χ1) is 14.6. The van der Waals surface area contributed by atoms with Gasteiger partial charge < -0.3 is 22.1 Å². The number of primary amides is 1. The number of nitrogens with two attached hydrogens (primary N) is 2. The van der Waals surface area contributed by atoms with Gasteiger partial charge in [-0.2, -0.15) is 0 Å². The van der Waals surface area contributed by atoms with Gasteiger partial charge in [0.25, 0.3) is 12.3 Å². The van der Waals surface area contributed by atoms with Gasteiger partial charge in [-0.1, -0.05) is 24.0 Å². The van der Waals surface area contributed by atoms with Crippen LogP contribution < -0.4 is 22.1 Å². The number of alkyl halides is 2. The van der Waals surface area contributed by atoms with Crippen molar-refractivity contribution in [2.45, 2.75) is 38.4 Å². The third-order valence-electron chi connectivity index (χ3n) is 4.38. The summed E-state index contributed by atoms with van der Waals surface area (Å²) in [6.07, 6.45) is -2.38. The molecule has 0 aliphatic heterocycles. The Morgan fingerprint density at radius 3 is 1.97 bits per heavy atom. The predicted octanol–water partition coefficient (Wildman–Crippen LogP) is 1.76. The fourth-order valence-electron chi connectivity index (χ4n) is 2.72. The maximum atomic E-state index is 12.4. The molecule has 0 radical (unpaired) electrons. The summed E-state index contributed by atoms with van der Waals surface area (Å²) < 4.78 is 24.3. The van der Waals surface area contributed by atoms with Gasteiger partial charge in [0.2, 0.25) is 5.91 Å². The van der Waals surface area contributed by atoms with Gasteiger partial charge in [0.1, 0.15) is 6.04 Å². The number of hydrogen-bond acceptors (Lipinski definition) is 4. The van der Waals surface area contributed by atoms with E-state index in [9.17, 15) is 18.4 Å². The van der Waals surface area contributed by atoms with E-state index in [1.54, 1.807) is 38.1 Å². The zero-order chi connectivity index (χ0) is 23.0. The zero-order valence-electron chi connectivity index (χ0n) is 17.4. The molecular formula is C23H26F2N4O2. The van der Waals surface area contributed by atoms with Crippen LogP contribution in [-0.2, 0) is 11.3 Å². The highest BCUT2D eigenvalue weighted by atomic mass is 19.3. The van der Waals surface area contributed by atoms with Gasteiger partial charge in [0.05, 0.1) is 6.54 Å². The van der Waals surface area contributed by atoms with Gasteiger partial charge in [-0.3, -0.25) is 9.59 Å². The second-order valence-electron chi connectivity index (χ2n) is 7.68. The third kappa shape index (κ3) is 7.81. The summed E-state index contributed by atoms with van der Waals surface area (Å²) in [5.74, 6) is 4.84. The molecule has 164 valence electrons. The lowest BCUT2D eigenvalue weighted by Gasteiger charge is -2.28. The second kappa shape index (κ2) is 10.7. The molecule has 31 heavy (non-hydrogen) atoms. The van der Waals surface area contributed by atoms with Gasteiger partial charge in [0, 0.05) is 28.8 Å². The summed E-state index contributed by atoms with van der Waals surface area (Å²) in [5, 5.41) is 5.22. The monoisotopic (exact) mass is 428 g/mol. The molecule has 0 spiro atoms. The minimum Gasteiger partial charge on any atom is -0.368 e. The average molecular weight is 428 g/mol. The maximum absolute atomic E-state index is 12.4. The number of rotatable bonds is 8. The maximum Gasteiger partial charge on any atom is 0.251 e. The molecule has 0 fully saturated rings. The molecule has 0 saturated carbocycles. The third-order valence-corrected chi connectivity index (χ3v) is 4.38. The molecule has 2 aromatic rings. The van der Waals surface area contributed by atoms with Crippen LogP contribution in [0.15, 0.2) is 48.5 Å². The molecule has 2 rings (SSSR count). The highest BCUT2D eigenvalue weighted by molar-refractivity contribution is 5.97. The van der Waals surface area contributed by atoms with Crippen LogP contribution in [0, 0.1) is 11.8 Å². The lowest BCUT2D eigenvalue weighted by molar-refractivity contribution is -0.121. The van der Waals surface area contributed by atoms with Crippen LogP contribution in [0.2, 0.25) is 0 Å². The van der Waals surface area contributed by atoms with Gasteiger partial charge in [0.15, 0.2) is 0 Å². The van der Waals surface area contributed by atoms with Gasteiger partial charge in [-0.15, -0.1) is 0 Å². The number of hydrogen-bond donors (Lipinski definition) is 4.